The number of furan rings is 1. The number of nitrogens with zero attached hydrogens (tertiary/aromatic N) is 1. The molecule has 0 fully saturated rings. The largest absolute Gasteiger partial charge is 0.455 e. The summed E-state index contributed by atoms with van der Waals surface area (Å²) in [6, 6.07) is 6.84. The van der Waals surface area contributed by atoms with E-state index in [2.05, 4.69) is 10.2 Å². The van der Waals surface area contributed by atoms with Gasteiger partial charge in [-0.05, 0) is 36.6 Å². The summed E-state index contributed by atoms with van der Waals surface area (Å²) in [4.78, 5) is 14.8. The summed E-state index contributed by atoms with van der Waals surface area (Å²) in [5.74, 6) is -1.94. The van der Waals surface area contributed by atoms with Crippen LogP contribution >= 0.6 is 0 Å². The maximum absolute atomic E-state index is 14.5. The van der Waals surface area contributed by atoms with Crippen molar-refractivity contribution in [3.63, 3.8) is 0 Å². The van der Waals surface area contributed by atoms with Crippen LogP contribution in [0.25, 0.3) is 22.3 Å². The Bertz CT molecular complexity index is 1090. The smallest absolute Gasteiger partial charge is 0.255 e. The summed E-state index contributed by atoms with van der Waals surface area (Å²) in [5.41, 5.74) is 2.49. The van der Waals surface area contributed by atoms with Gasteiger partial charge in [-0.15, -0.1) is 0 Å². The fourth-order valence-electron chi connectivity index (χ4n) is 4.06. The zero-order valence-corrected chi connectivity index (χ0v) is 16.3. The van der Waals surface area contributed by atoms with Crippen molar-refractivity contribution in [2.45, 2.75) is 18.8 Å². The molecule has 1 aromatic heterocycles. The molecule has 1 aliphatic rings. The van der Waals surface area contributed by atoms with Gasteiger partial charge in [-0.1, -0.05) is 0 Å². The zero-order chi connectivity index (χ0) is 20.7. The monoisotopic (exact) mass is 400 g/mol. The van der Waals surface area contributed by atoms with Crippen LogP contribution in [-0.2, 0) is 0 Å². The van der Waals surface area contributed by atoms with Gasteiger partial charge in [0.25, 0.3) is 5.91 Å². The lowest BCUT2D eigenvalue weighted by Crippen LogP contribution is -2.19. The van der Waals surface area contributed by atoms with Gasteiger partial charge in [0.05, 0.1) is 17.7 Å². The minimum absolute atomic E-state index is 0.00104. The van der Waals surface area contributed by atoms with Crippen LogP contribution in [-0.4, -0.2) is 38.3 Å². The van der Waals surface area contributed by atoms with Gasteiger partial charge in [0.2, 0.25) is 0 Å². The number of fused-ring (bicyclic) bond motifs is 2. The molecule has 0 bridgehead atoms. The van der Waals surface area contributed by atoms with Gasteiger partial charge in [-0.25, -0.2) is 8.78 Å². The van der Waals surface area contributed by atoms with Crippen LogP contribution in [0.5, 0.6) is 0 Å². The number of hydrogen-bond acceptors (Lipinski definition) is 4. The van der Waals surface area contributed by atoms with E-state index in [1.807, 2.05) is 19.2 Å². The molecule has 0 spiro atoms. The highest BCUT2D eigenvalue weighted by atomic mass is 19.1. The fraction of sp³-hybridized carbons (Fsp3) is 0.318. The SMILES string of the molecule is CNC(=O)c1c(-c2ccc(F)cc2F)oc2cc3c(cc12)C(CO)CCCN3C. The van der Waals surface area contributed by atoms with E-state index in [0.29, 0.717) is 11.0 Å². The molecule has 152 valence electrons. The molecular formula is C22H22F2N2O3. The van der Waals surface area contributed by atoms with E-state index < -0.39 is 17.5 Å². The fourth-order valence-corrected chi connectivity index (χ4v) is 4.06. The Morgan fingerprint density at radius 3 is 2.79 bits per heavy atom. The van der Waals surface area contributed by atoms with Crippen LogP contribution in [0.4, 0.5) is 14.5 Å². The number of aliphatic hydroxyl groups is 1. The summed E-state index contributed by atoms with van der Waals surface area (Å²) in [5, 5.41) is 13.0. The predicted octanol–water partition coefficient (Wildman–Crippen LogP) is 4.04. The van der Waals surface area contributed by atoms with Crippen LogP contribution in [0.2, 0.25) is 0 Å². The molecule has 7 heteroatoms. The first-order valence-corrected chi connectivity index (χ1v) is 9.54. The first-order valence-electron chi connectivity index (χ1n) is 9.54. The van der Waals surface area contributed by atoms with E-state index >= 15 is 0 Å². The Balaban J connectivity index is 2.02. The first kappa shape index (κ1) is 19.4. The molecule has 2 N–H and O–H groups in total. The highest BCUT2D eigenvalue weighted by Crippen LogP contribution is 2.41. The van der Waals surface area contributed by atoms with Crippen LogP contribution in [0, 0.1) is 11.6 Å². The second-order valence-electron chi connectivity index (χ2n) is 7.36. The van der Waals surface area contributed by atoms with Gasteiger partial charge < -0.3 is 19.7 Å². The number of aliphatic hydroxyl groups excluding tert-OH is 1. The van der Waals surface area contributed by atoms with E-state index in [9.17, 15) is 18.7 Å². The number of anilines is 1. The van der Waals surface area contributed by atoms with E-state index in [1.54, 1.807) is 0 Å². The molecule has 1 atom stereocenters. The van der Waals surface area contributed by atoms with Crippen LogP contribution in [0.3, 0.4) is 0 Å². The second kappa shape index (κ2) is 7.48. The molecule has 1 aliphatic heterocycles. The van der Waals surface area contributed by atoms with Crippen molar-refractivity contribution in [1.82, 2.24) is 5.32 Å². The average Bonchev–Trinajstić information content (AvgIpc) is 2.99. The highest BCUT2D eigenvalue weighted by Gasteiger charge is 2.28. The molecule has 2 heterocycles. The van der Waals surface area contributed by atoms with Crippen molar-refractivity contribution in [1.29, 1.82) is 0 Å². The van der Waals surface area contributed by atoms with Gasteiger partial charge in [0.15, 0.2) is 5.76 Å². The minimum atomic E-state index is -0.805. The van der Waals surface area contributed by atoms with Crippen molar-refractivity contribution in [2.75, 3.05) is 32.1 Å². The topological polar surface area (TPSA) is 65.7 Å². The Kier molecular flexibility index (Phi) is 5.00. The quantitative estimate of drug-likeness (QED) is 0.696. The van der Waals surface area contributed by atoms with Gasteiger partial charge in [0, 0.05) is 49.8 Å². The lowest BCUT2D eigenvalue weighted by Gasteiger charge is -2.21. The number of carbonyl (C=O) groups is 1. The number of halogens is 2. The summed E-state index contributed by atoms with van der Waals surface area (Å²) >= 11 is 0. The summed E-state index contributed by atoms with van der Waals surface area (Å²) in [6.45, 7) is 0.830. The molecular weight excluding hydrogens is 378 g/mol. The molecule has 5 nitrogen and oxygen atoms in total. The number of amides is 1. The van der Waals surface area contributed by atoms with E-state index in [-0.39, 0.29) is 29.4 Å². The third-order valence-corrected chi connectivity index (χ3v) is 5.58. The Labute approximate surface area is 166 Å². The van der Waals surface area contributed by atoms with E-state index in [0.717, 1.165) is 42.8 Å². The minimum Gasteiger partial charge on any atom is -0.455 e. The number of nitrogens with one attached hydrogen (secondary N) is 1. The molecule has 4 rings (SSSR count). The zero-order valence-electron chi connectivity index (χ0n) is 16.3. The number of rotatable bonds is 3. The molecule has 0 radical (unpaired) electrons. The molecule has 0 aliphatic carbocycles. The molecule has 29 heavy (non-hydrogen) atoms. The first-order chi connectivity index (χ1) is 13.9. The van der Waals surface area contributed by atoms with E-state index in [4.69, 9.17) is 4.42 Å². The number of carbonyl (C=O) groups excluding carboxylic acids is 1. The van der Waals surface area contributed by atoms with Crippen molar-refractivity contribution >= 4 is 22.6 Å². The third-order valence-electron chi connectivity index (χ3n) is 5.58. The van der Waals surface area contributed by atoms with Crippen LogP contribution in [0.1, 0.15) is 34.7 Å². The van der Waals surface area contributed by atoms with Gasteiger partial charge >= 0.3 is 0 Å². The van der Waals surface area contributed by atoms with Crippen molar-refractivity contribution < 1.29 is 23.1 Å². The van der Waals surface area contributed by atoms with E-state index in [1.165, 1.54) is 13.1 Å². The molecule has 1 unspecified atom stereocenters. The van der Waals surface area contributed by atoms with Crippen LogP contribution < -0.4 is 10.2 Å². The van der Waals surface area contributed by atoms with Crippen molar-refractivity contribution in [3.05, 3.63) is 53.1 Å². The lowest BCUT2D eigenvalue weighted by atomic mass is 9.92. The second-order valence-corrected chi connectivity index (χ2v) is 7.36. The van der Waals surface area contributed by atoms with Gasteiger partial charge in [-0.2, -0.15) is 0 Å². The van der Waals surface area contributed by atoms with Gasteiger partial charge in [-0.3, -0.25) is 4.79 Å². The molecule has 0 saturated heterocycles. The van der Waals surface area contributed by atoms with Crippen LogP contribution in [0.15, 0.2) is 34.7 Å². The van der Waals surface area contributed by atoms with Crippen molar-refractivity contribution in [2.24, 2.45) is 0 Å². The molecule has 2 aromatic carbocycles. The molecule has 0 saturated carbocycles. The standard InChI is InChI=1S/C22H22F2N2O3/c1-25-22(28)20-16-9-15-12(11-27)4-3-7-26(2)18(15)10-19(16)29-21(20)14-6-5-13(23)8-17(14)24/h5-6,8-10,12,27H,3-4,7,11H2,1-2H3,(H,25,28). The average molecular weight is 400 g/mol. The number of benzene rings is 2. The lowest BCUT2D eigenvalue weighted by molar-refractivity contribution is 0.0964. The molecule has 3 aromatic rings. The highest BCUT2D eigenvalue weighted by molar-refractivity contribution is 6.11. The summed E-state index contributed by atoms with van der Waals surface area (Å²) < 4.78 is 33.8. The summed E-state index contributed by atoms with van der Waals surface area (Å²) in [7, 11) is 3.45. The Hall–Kier alpha value is -2.93. The molecule has 1 amide bonds. The van der Waals surface area contributed by atoms with Gasteiger partial charge in [0.1, 0.15) is 17.2 Å². The number of hydrogen-bond donors (Lipinski definition) is 2. The Morgan fingerprint density at radius 2 is 2.10 bits per heavy atom. The maximum Gasteiger partial charge on any atom is 0.255 e. The predicted molar refractivity (Wildman–Crippen MR) is 107 cm³/mol. The third kappa shape index (κ3) is 3.25. The normalized spacial score (nSPS) is 16.6. The van der Waals surface area contributed by atoms with Crippen molar-refractivity contribution in [3.8, 4) is 11.3 Å². The maximum atomic E-state index is 14.5. The Morgan fingerprint density at radius 1 is 1.31 bits per heavy atom. The summed E-state index contributed by atoms with van der Waals surface area (Å²) in [6.07, 6.45) is 1.76.